The van der Waals surface area contributed by atoms with E-state index in [4.69, 9.17) is 10.5 Å². The van der Waals surface area contributed by atoms with E-state index in [0.29, 0.717) is 6.67 Å². The van der Waals surface area contributed by atoms with E-state index < -0.39 is 0 Å². The van der Waals surface area contributed by atoms with E-state index in [1.165, 1.54) is 32.1 Å². The summed E-state index contributed by atoms with van der Waals surface area (Å²) in [4.78, 5) is 4.42. The van der Waals surface area contributed by atoms with Crippen LogP contribution in [-0.4, -0.2) is 32.6 Å². The van der Waals surface area contributed by atoms with Gasteiger partial charge in [0.15, 0.2) is 0 Å². The van der Waals surface area contributed by atoms with Crippen molar-refractivity contribution >= 4 is 5.71 Å². The Kier molecular flexibility index (Phi) is 7.40. The van der Waals surface area contributed by atoms with Gasteiger partial charge in [-0.1, -0.05) is 31.4 Å². The molecule has 4 nitrogen and oxygen atoms in total. The minimum atomic E-state index is 0.326. The van der Waals surface area contributed by atoms with E-state index in [2.05, 4.69) is 22.4 Å². The first kappa shape index (κ1) is 17.0. The van der Waals surface area contributed by atoms with Gasteiger partial charge in [-0.15, -0.1) is 0 Å². The number of ether oxygens (including phenoxy) is 1. The first-order chi connectivity index (χ1) is 10.8. The zero-order chi connectivity index (χ0) is 15.6. The van der Waals surface area contributed by atoms with Gasteiger partial charge in [-0.3, -0.25) is 4.99 Å². The number of hydrogen-bond acceptors (Lipinski definition) is 4. The fourth-order valence-electron chi connectivity index (χ4n) is 3.00. The Morgan fingerprint density at radius 2 is 2.14 bits per heavy atom. The molecule has 0 spiro atoms. The van der Waals surface area contributed by atoms with Crippen LogP contribution in [-0.2, 0) is 0 Å². The molecule has 0 radical (unpaired) electrons. The second-order valence-corrected chi connectivity index (χ2v) is 5.98. The van der Waals surface area contributed by atoms with E-state index >= 15 is 0 Å². The van der Waals surface area contributed by atoms with Crippen molar-refractivity contribution in [3.05, 3.63) is 29.8 Å². The van der Waals surface area contributed by atoms with Gasteiger partial charge in [0.05, 0.1) is 13.3 Å². The fourth-order valence-corrected chi connectivity index (χ4v) is 3.00. The molecule has 1 aromatic rings. The van der Waals surface area contributed by atoms with Gasteiger partial charge in [-0.25, -0.2) is 0 Å². The Bertz CT molecular complexity index is 467. The molecule has 1 fully saturated rings. The molecule has 1 saturated carbocycles. The Balaban J connectivity index is 1.96. The Labute approximate surface area is 134 Å². The molecular formula is C18H29N3O. The van der Waals surface area contributed by atoms with E-state index in [9.17, 15) is 0 Å². The lowest BCUT2D eigenvalue weighted by Crippen LogP contribution is -2.16. The molecule has 0 bridgehead atoms. The maximum Gasteiger partial charge on any atom is 0.119 e. The summed E-state index contributed by atoms with van der Waals surface area (Å²) >= 11 is 0. The summed E-state index contributed by atoms with van der Waals surface area (Å²) in [7, 11) is 1.95. The third kappa shape index (κ3) is 5.43. The van der Waals surface area contributed by atoms with Crippen molar-refractivity contribution in [2.24, 2.45) is 16.6 Å². The largest absolute Gasteiger partial charge is 0.493 e. The Morgan fingerprint density at radius 3 is 2.86 bits per heavy atom. The van der Waals surface area contributed by atoms with Gasteiger partial charge in [0, 0.05) is 18.7 Å². The summed E-state index contributed by atoms with van der Waals surface area (Å²) in [5, 5.41) is 3.16. The van der Waals surface area contributed by atoms with Crippen molar-refractivity contribution in [2.45, 2.75) is 38.5 Å². The van der Waals surface area contributed by atoms with Crippen LogP contribution in [0.15, 0.2) is 29.3 Å². The number of hydrogen-bond donors (Lipinski definition) is 2. The van der Waals surface area contributed by atoms with Gasteiger partial charge in [0.25, 0.3) is 0 Å². The minimum absolute atomic E-state index is 0.326. The van der Waals surface area contributed by atoms with Gasteiger partial charge in [-0.2, -0.15) is 0 Å². The van der Waals surface area contributed by atoms with Crippen LogP contribution < -0.4 is 15.8 Å². The van der Waals surface area contributed by atoms with Crippen LogP contribution in [0.2, 0.25) is 0 Å². The summed E-state index contributed by atoms with van der Waals surface area (Å²) < 4.78 is 6.02. The predicted octanol–water partition coefficient (Wildman–Crippen LogP) is 2.96. The molecule has 0 unspecified atom stereocenters. The molecule has 2 rings (SSSR count). The second-order valence-electron chi connectivity index (χ2n) is 5.98. The Hall–Kier alpha value is -1.39. The highest BCUT2D eigenvalue weighted by Crippen LogP contribution is 2.25. The zero-order valence-corrected chi connectivity index (χ0v) is 13.7. The predicted molar refractivity (Wildman–Crippen MR) is 92.6 cm³/mol. The maximum absolute atomic E-state index is 6.02. The standard InChI is InChI=1S/C18H29N3O/c1-20-11-10-18(21-14-19)16-8-5-9-17(12-16)22-13-15-6-3-2-4-7-15/h5,8-9,12,15,20H,2-4,6-7,10-11,13-14,19H2,1H3. The van der Waals surface area contributed by atoms with E-state index in [0.717, 1.165) is 42.5 Å². The average molecular weight is 303 g/mol. The summed E-state index contributed by atoms with van der Waals surface area (Å²) in [6, 6.07) is 8.24. The molecule has 0 atom stereocenters. The molecule has 122 valence electrons. The van der Waals surface area contributed by atoms with Gasteiger partial charge in [0.2, 0.25) is 0 Å². The number of rotatable bonds is 8. The zero-order valence-electron chi connectivity index (χ0n) is 13.7. The summed E-state index contributed by atoms with van der Waals surface area (Å²) in [5.74, 6) is 1.66. The molecule has 0 aliphatic heterocycles. The van der Waals surface area contributed by atoms with Crippen LogP contribution in [0.4, 0.5) is 0 Å². The number of nitrogens with zero attached hydrogens (tertiary/aromatic N) is 1. The highest BCUT2D eigenvalue weighted by atomic mass is 16.5. The molecular weight excluding hydrogens is 274 g/mol. The molecule has 0 amide bonds. The summed E-state index contributed by atoms with van der Waals surface area (Å²) in [6.07, 6.45) is 7.58. The quantitative estimate of drug-likeness (QED) is 0.726. The molecule has 4 heteroatoms. The minimum Gasteiger partial charge on any atom is -0.493 e. The number of nitrogens with one attached hydrogen (secondary N) is 1. The third-order valence-corrected chi connectivity index (χ3v) is 4.27. The van der Waals surface area contributed by atoms with Crippen molar-refractivity contribution in [1.29, 1.82) is 0 Å². The molecule has 1 aromatic carbocycles. The van der Waals surface area contributed by atoms with Gasteiger partial charge in [0.1, 0.15) is 5.75 Å². The third-order valence-electron chi connectivity index (χ3n) is 4.27. The van der Waals surface area contributed by atoms with Crippen LogP contribution in [0.5, 0.6) is 5.75 Å². The van der Waals surface area contributed by atoms with Gasteiger partial charge < -0.3 is 15.8 Å². The number of nitrogens with two attached hydrogens (primary N) is 1. The first-order valence-corrected chi connectivity index (χ1v) is 8.44. The van der Waals surface area contributed by atoms with Crippen LogP contribution in [0.1, 0.15) is 44.1 Å². The molecule has 22 heavy (non-hydrogen) atoms. The number of aliphatic imine (C=N–C) groups is 1. The highest BCUT2D eigenvalue weighted by molar-refractivity contribution is 6.01. The lowest BCUT2D eigenvalue weighted by atomic mass is 9.90. The normalized spacial score (nSPS) is 16.7. The second kappa shape index (κ2) is 9.59. The first-order valence-electron chi connectivity index (χ1n) is 8.44. The average Bonchev–Trinajstić information content (AvgIpc) is 2.58. The molecule has 1 aliphatic rings. The van der Waals surface area contributed by atoms with Crippen molar-refractivity contribution in [3.63, 3.8) is 0 Å². The Morgan fingerprint density at radius 1 is 1.32 bits per heavy atom. The lowest BCUT2D eigenvalue weighted by Gasteiger charge is -2.21. The van der Waals surface area contributed by atoms with E-state index in [-0.39, 0.29) is 0 Å². The van der Waals surface area contributed by atoms with Gasteiger partial charge >= 0.3 is 0 Å². The number of benzene rings is 1. The van der Waals surface area contributed by atoms with Gasteiger partial charge in [-0.05, 0) is 43.5 Å². The van der Waals surface area contributed by atoms with Crippen molar-refractivity contribution in [1.82, 2.24) is 5.32 Å². The van der Waals surface area contributed by atoms with Crippen LogP contribution >= 0.6 is 0 Å². The summed E-state index contributed by atoms with van der Waals surface area (Å²) in [6.45, 7) is 2.06. The van der Waals surface area contributed by atoms with Crippen molar-refractivity contribution < 1.29 is 4.74 Å². The topological polar surface area (TPSA) is 59.6 Å². The van der Waals surface area contributed by atoms with Crippen LogP contribution in [0.25, 0.3) is 0 Å². The summed E-state index contributed by atoms with van der Waals surface area (Å²) in [5.41, 5.74) is 7.75. The lowest BCUT2D eigenvalue weighted by molar-refractivity contribution is 0.209. The van der Waals surface area contributed by atoms with Crippen molar-refractivity contribution in [3.8, 4) is 5.75 Å². The van der Waals surface area contributed by atoms with Crippen LogP contribution in [0, 0.1) is 5.92 Å². The maximum atomic E-state index is 6.02. The van der Waals surface area contributed by atoms with Crippen molar-refractivity contribution in [2.75, 3.05) is 26.9 Å². The molecule has 0 saturated heterocycles. The molecule has 0 aromatic heterocycles. The SMILES string of the molecule is CNCCC(=NCN)c1cccc(OCC2CCCCC2)c1. The smallest absolute Gasteiger partial charge is 0.119 e. The van der Waals surface area contributed by atoms with E-state index in [1.807, 2.05) is 19.2 Å². The molecule has 3 N–H and O–H groups in total. The highest BCUT2D eigenvalue weighted by Gasteiger charge is 2.14. The monoisotopic (exact) mass is 303 g/mol. The molecule has 1 aliphatic carbocycles. The molecule has 0 heterocycles. The van der Waals surface area contributed by atoms with E-state index in [1.54, 1.807) is 0 Å². The van der Waals surface area contributed by atoms with Crippen LogP contribution in [0.3, 0.4) is 0 Å². The fraction of sp³-hybridized carbons (Fsp3) is 0.611.